The topological polar surface area (TPSA) is 174 Å². The molecule has 1 aliphatic heterocycles. The van der Waals surface area contributed by atoms with E-state index >= 15 is 0 Å². The van der Waals surface area contributed by atoms with Gasteiger partial charge in [0.2, 0.25) is 6.29 Å². The maximum absolute atomic E-state index is 13.2. The fraction of sp³-hybridized carbons (Fsp3) is 0.576. The number of carbonyl (C=O) groups is 2. The van der Waals surface area contributed by atoms with E-state index in [9.17, 15) is 40.2 Å². The Labute approximate surface area is 271 Å². The Bertz CT molecular complexity index is 1430. The number of ketones is 1. The van der Waals surface area contributed by atoms with Gasteiger partial charge in [-0.15, -0.1) is 23.2 Å². The molecule has 6 N–H and O–H groups in total. The summed E-state index contributed by atoms with van der Waals surface area (Å²) in [6.45, 7) is 2.77. The van der Waals surface area contributed by atoms with Crippen molar-refractivity contribution in [2.24, 2.45) is 17.3 Å². The van der Waals surface area contributed by atoms with E-state index in [0.29, 0.717) is 30.7 Å². The van der Waals surface area contributed by atoms with Gasteiger partial charge < -0.3 is 40.1 Å². The average molecular weight is 665 g/mol. The first kappa shape index (κ1) is 35.5. The molecule has 10 nitrogen and oxygen atoms in total. The molecule has 0 spiro atoms. The number of unbranched alkanes of at least 4 members (excludes halogenated alkanes) is 1. The summed E-state index contributed by atoms with van der Waals surface area (Å²) < 4.78 is 11.3. The van der Waals surface area contributed by atoms with E-state index in [-0.39, 0.29) is 18.6 Å². The summed E-state index contributed by atoms with van der Waals surface area (Å²) in [5, 5.41) is 62.3. The molecule has 1 saturated carbocycles. The zero-order valence-electron chi connectivity index (χ0n) is 25.2. The van der Waals surface area contributed by atoms with Crippen LogP contribution in [0.15, 0.2) is 36.4 Å². The molecule has 1 aliphatic carbocycles. The number of fused-ring (bicyclic) bond motifs is 1. The van der Waals surface area contributed by atoms with Gasteiger partial charge in [-0.25, -0.2) is 0 Å². The van der Waals surface area contributed by atoms with Gasteiger partial charge in [0.25, 0.3) is 0 Å². The molecule has 2 aromatic rings. The molecule has 45 heavy (non-hydrogen) atoms. The van der Waals surface area contributed by atoms with Gasteiger partial charge in [-0.05, 0) is 25.3 Å². The number of ether oxygens (including phenoxy) is 2. The Morgan fingerprint density at radius 3 is 2.60 bits per heavy atom. The van der Waals surface area contributed by atoms with Crippen LogP contribution in [-0.2, 0) is 25.5 Å². The van der Waals surface area contributed by atoms with Crippen LogP contribution in [0.1, 0.15) is 50.8 Å². The van der Waals surface area contributed by atoms with Gasteiger partial charge >= 0.3 is 5.97 Å². The first-order valence-electron chi connectivity index (χ1n) is 15.1. The average Bonchev–Trinajstić information content (AvgIpc) is 3.42. The maximum Gasteiger partial charge on any atom is 0.308 e. The van der Waals surface area contributed by atoms with Crippen molar-refractivity contribution in [2.45, 2.75) is 95.3 Å². The van der Waals surface area contributed by atoms with Crippen LogP contribution >= 0.6 is 22.9 Å². The van der Waals surface area contributed by atoms with E-state index in [0.717, 1.165) is 15.0 Å². The van der Waals surface area contributed by atoms with E-state index in [4.69, 9.17) is 21.1 Å². The summed E-state index contributed by atoms with van der Waals surface area (Å²) in [6.07, 6.45) is -4.14. The van der Waals surface area contributed by atoms with Crippen LogP contribution in [0.5, 0.6) is 0 Å². The van der Waals surface area contributed by atoms with Crippen LogP contribution < -0.4 is 0 Å². The summed E-state index contributed by atoms with van der Waals surface area (Å²) in [5.41, 5.74) is -0.967. The third-order valence-corrected chi connectivity index (χ3v) is 10.4. The second kappa shape index (κ2) is 15.5. The lowest BCUT2D eigenvalue weighted by atomic mass is 9.86. The van der Waals surface area contributed by atoms with Gasteiger partial charge in [0, 0.05) is 46.1 Å². The number of hydrogen-bond donors (Lipinski definition) is 6. The molecule has 2 fully saturated rings. The standard InChI is InChI=1S/C33H41ClO10S/c1-33(2)30(41)19(9-5-3-4-6-12-25(37)44-32-29(40)28(39)27(38)22(17-35)43-32)20(31(33)42)15-13-18(36)14-16-24-26(34)21-10-7-8-11-23(21)45-24/h7-8,10-11,13,15,18-20,22,27-29,31-32,35-36,38-40,42H,4,6,9,12,14,16-17H2,1-2H3/t18?,19-,20-,22-,27-,28+,29-,31+,32?/m1/s1. The Kier molecular flexibility index (Phi) is 12.2. The number of hydrogen-bond acceptors (Lipinski definition) is 11. The molecule has 1 aromatic heterocycles. The number of thiophene rings is 1. The van der Waals surface area contributed by atoms with Crippen LogP contribution in [0.4, 0.5) is 0 Å². The number of aliphatic hydroxyl groups excluding tert-OH is 6. The van der Waals surface area contributed by atoms with Gasteiger partial charge in [-0.3, -0.25) is 9.59 Å². The molecule has 4 rings (SSSR count). The Balaban J connectivity index is 1.26. The zero-order valence-corrected chi connectivity index (χ0v) is 26.8. The van der Waals surface area contributed by atoms with Gasteiger partial charge in [0.15, 0.2) is 0 Å². The van der Waals surface area contributed by atoms with Crippen molar-refractivity contribution < 1.29 is 49.7 Å². The van der Waals surface area contributed by atoms with Crippen molar-refractivity contribution in [1.82, 2.24) is 0 Å². The molecule has 2 heterocycles. The molecule has 0 bridgehead atoms. The SMILES string of the molecule is CC1(C)C(=O)[C@H](CC#CCCCC(=O)OC2O[C@H](CO)[C@@H](O)[C@H](O)[C@H]2O)[C@@H](C=CC(O)CCc2sc3ccccc3c2Cl)[C@@H]1O. The number of halogens is 1. The second-order valence-corrected chi connectivity index (χ2v) is 13.7. The highest BCUT2D eigenvalue weighted by molar-refractivity contribution is 7.19. The van der Waals surface area contributed by atoms with Crippen molar-refractivity contribution in [1.29, 1.82) is 0 Å². The van der Waals surface area contributed by atoms with Crippen LogP contribution in [0.2, 0.25) is 5.02 Å². The molecule has 1 aromatic carbocycles. The second-order valence-electron chi connectivity index (χ2n) is 12.1. The Morgan fingerprint density at radius 1 is 1.16 bits per heavy atom. The number of benzene rings is 1. The summed E-state index contributed by atoms with van der Waals surface area (Å²) in [5.74, 6) is 4.05. The lowest BCUT2D eigenvalue weighted by Crippen LogP contribution is -2.59. The van der Waals surface area contributed by atoms with E-state index in [1.165, 1.54) is 0 Å². The molecule has 1 saturated heterocycles. The number of Topliss-reactive ketones (excluding diaryl/α,β-unsaturated/α-hetero) is 1. The molecule has 12 heteroatoms. The Hall–Kier alpha value is -2.37. The van der Waals surface area contributed by atoms with Crippen LogP contribution in [0.25, 0.3) is 10.1 Å². The first-order chi connectivity index (χ1) is 21.4. The van der Waals surface area contributed by atoms with Gasteiger partial charge in [-0.2, -0.15) is 0 Å². The van der Waals surface area contributed by atoms with Crippen LogP contribution in [-0.4, -0.2) is 91.9 Å². The van der Waals surface area contributed by atoms with Crippen LogP contribution in [0, 0.1) is 29.1 Å². The molecule has 2 unspecified atom stereocenters. The minimum absolute atomic E-state index is 0.0617. The molecular formula is C33H41ClO10S. The van der Waals surface area contributed by atoms with Crippen molar-refractivity contribution in [3.63, 3.8) is 0 Å². The fourth-order valence-corrected chi connectivity index (χ4v) is 7.31. The molecular weight excluding hydrogens is 624 g/mol. The highest BCUT2D eigenvalue weighted by Gasteiger charge is 2.53. The summed E-state index contributed by atoms with van der Waals surface area (Å²) in [6, 6.07) is 7.88. The monoisotopic (exact) mass is 664 g/mol. The summed E-state index contributed by atoms with van der Waals surface area (Å²) in [7, 11) is 0. The van der Waals surface area contributed by atoms with E-state index in [2.05, 4.69) is 11.8 Å². The minimum atomic E-state index is -1.67. The number of esters is 1. The van der Waals surface area contributed by atoms with Gasteiger partial charge in [0.1, 0.15) is 30.2 Å². The first-order valence-corrected chi connectivity index (χ1v) is 16.3. The molecule has 246 valence electrons. The van der Waals surface area contributed by atoms with Crippen LogP contribution in [0.3, 0.4) is 0 Å². The molecule has 0 radical (unpaired) electrons. The predicted molar refractivity (Wildman–Crippen MR) is 168 cm³/mol. The predicted octanol–water partition coefficient (Wildman–Crippen LogP) is 2.51. The van der Waals surface area contributed by atoms with E-state index in [1.54, 1.807) is 37.3 Å². The maximum atomic E-state index is 13.2. The third kappa shape index (κ3) is 8.14. The number of carbonyl (C=O) groups excluding carboxylic acids is 2. The minimum Gasteiger partial charge on any atom is -0.433 e. The number of rotatable bonds is 11. The molecule has 2 aliphatic rings. The van der Waals surface area contributed by atoms with Crippen molar-refractivity contribution >= 4 is 44.8 Å². The number of aryl methyl sites for hydroxylation is 1. The van der Waals surface area contributed by atoms with Crippen molar-refractivity contribution in [3.8, 4) is 11.8 Å². The summed E-state index contributed by atoms with van der Waals surface area (Å²) >= 11 is 8.13. The van der Waals surface area contributed by atoms with Gasteiger partial charge in [-0.1, -0.05) is 55.8 Å². The lowest BCUT2D eigenvalue weighted by Gasteiger charge is -2.39. The normalized spacial score (nSPS) is 30.4. The number of aliphatic hydroxyl groups is 6. The zero-order chi connectivity index (χ0) is 32.9. The highest BCUT2D eigenvalue weighted by Crippen LogP contribution is 2.44. The van der Waals surface area contributed by atoms with E-state index < -0.39 is 72.7 Å². The fourth-order valence-electron chi connectivity index (χ4n) is 5.77. The Morgan fingerprint density at radius 2 is 1.89 bits per heavy atom. The van der Waals surface area contributed by atoms with E-state index in [1.807, 2.05) is 24.3 Å². The quantitative estimate of drug-likeness (QED) is 0.0907. The summed E-state index contributed by atoms with van der Waals surface area (Å²) in [4.78, 5) is 26.4. The van der Waals surface area contributed by atoms with Crippen molar-refractivity contribution in [2.75, 3.05) is 6.61 Å². The lowest BCUT2D eigenvalue weighted by molar-refractivity contribution is -0.292. The third-order valence-electron chi connectivity index (χ3n) is 8.59. The van der Waals surface area contributed by atoms with Crippen molar-refractivity contribution in [3.05, 3.63) is 46.3 Å². The smallest absolute Gasteiger partial charge is 0.308 e. The van der Waals surface area contributed by atoms with Gasteiger partial charge in [0.05, 0.1) is 29.3 Å². The molecule has 9 atom stereocenters. The molecule has 0 amide bonds. The highest BCUT2D eigenvalue weighted by atomic mass is 35.5. The largest absolute Gasteiger partial charge is 0.433 e.